The number of aliphatic hydroxyl groups excluding tert-OH is 1. The Morgan fingerprint density at radius 3 is 2.71 bits per heavy atom. The molecule has 3 rings (SSSR count). The molecule has 1 saturated heterocycles. The summed E-state index contributed by atoms with van der Waals surface area (Å²) < 4.78 is 5.41. The maximum atomic E-state index is 10.9. The molecule has 3 heterocycles. The van der Waals surface area contributed by atoms with Crippen LogP contribution >= 0.6 is 12.4 Å². The molecule has 0 radical (unpaired) electrons. The number of ether oxygens (including phenoxy) is 1. The summed E-state index contributed by atoms with van der Waals surface area (Å²) >= 11 is 0. The van der Waals surface area contributed by atoms with Crippen LogP contribution in [0.3, 0.4) is 0 Å². The molecule has 8 heteroatoms. The highest BCUT2D eigenvalue weighted by Crippen LogP contribution is 2.24. The Morgan fingerprint density at radius 2 is 2.08 bits per heavy atom. The van der Waals surface area contributed by atoms with E-state index in [9.17, 15) is 9.90 Å². The van der Waals surface area contributed by atoms with Gasteiger partial charge in [-0.2, -0.15) is 0 Å². The average molecular weight is 351 g/mol. The highest BCUT2D eigenvalue weighted by atomic mass is 35.5. The summed E-state index contributed by atoms with van der Waals surface area (Å²) in [5.74, 6) is 0.502. The van der Waals surface area contributed by atoms with Crippen LogP contribution in [0.15, 0.2) is 42.9 Å². The smallest absolute Gasteiger partial charge is 0.239 e. The van der Waals surface area contributed by atoms with Gasteiger partial charge in [-0.3, -0.25) is 9.78 Å². The molecule has 0 aromatic carbocycles. The van der Waals surface area contributed by atoms with Gasteiger partial charge in [-0.1, -0.05) is 0 Å². The third kappa shape index (κ3) is 4.19. The second-order valence-electron chi connectivity index (χ2n) is 5.31. The molecule has 24 heavy (non-hydrogen) atoms. The van der Waals surface area contributed by atoms with Crippen LogP contribution in [-0.4, -0.2) is 46.6 Å². The molecule has 0 bridgehead atoms. The number of nitrogens with one attached hydrogen (secondary N) is 1. The SMILES string of the molecule is CC(=O)NCC1CN(c2ccc(-c3ccncc3)cn2)C(O)O1.Cl. The molecular formula is C16H19ClN4O3. The Hall–Kier alpha value is -2.22. The molecule has 2 unspecified atom stereocenters. The fraction of sp³-hybridized carbons (Fsp3) is 0.312. The van der Waals surface area contributed by atoms with Crippen LogP contribution in [0.4, 0.5) is 5.82 Å². The number of pyridine rings is 2. The van der Waals surface area contributed by atoms with Crippen LogP contribution in [0.25, 0.3) is 11.1 Å². The van der Waals surface area contributed by atoms with Gasteiger partial charge in [0.05, 0.1) is 12.6 Å². The number of rotatable bonds is 4. The monoisotopic (exact) mass is 350 g/mol. The molecule has 2 aromatic rings. The van der Waals surface area contributed by atoms with Crippen LogP contribution in [0.5, 0.6) is 0 Å². The van der Waals surface area contributed by atoms with E-state index >= 15 is 0 Å². The second kappa shape index (κ2) is 8.05. The standard InChI is InChI=1S/C16H18N4O3.ClH/c1-11(21)18-9-14-10-20(16(22)23-14)15-3-2-13(8-19-15)12-4-6-17-7-5-12;/h2-8,14,16,22H,9-10H2,1H3,(H,18,21);1H. The lowest BCUT2D eigenvalue weighted by molar-refractivity contribution is -0.121. The Balaban J connectivity index is 0.00000208. The van der Waals surface area contributed by atoms with Crippen molar-refractivity contribution in [3.8, 4) is 11.1 Å². The number of anilines is 1. The zero-order valence-electron chi connectivity index (χ0n) is 13.1. The largest absolute Gasteiger partial charge is 0.354 e. The summed E-state index contributed by atoms with van der Waals surface area (Å²) in [7, 11) is 0. The topological polar surface area (TPSA) is 87.6 Å². The summed E-state index contributed by atoms with van der Waals surface area (Å²) in [5.41, 5.74) is 2.00. The van der Waals surface area contributed by atoms with Crippen LogP contribution in [0.2, 0.25) is 0 Å². The molecule has 2 N–H and O–H groups in total. The highest BCUT2D eigenvalue weighted by Gasteiger charge is 2.32. The van der Waals surface area contributed by atoms with Gasteiger partial charge in [0.15, 0.2) is 0 Å². The maximum absolute atomic E-state index is 10.9. The van der Waals surface area contributed by atoms with E-state index in [4.69, 9.17) is 4.74 Å². The lowest BCUT2D eigenvalue weighted by Gasteiger charge is -2.19. The van der Waals surface area contributed by atoms with Crippen molar-refractivity contribution < 1.29 is 14.6 Å². The van der Waals surface area contributed by atoms with Crippen molar-refractivity contribution in [1.82, 2.24) is 15.3 Å². The molecule has 1 amide bonds. The van der Waals surface area contributed by atoms with Crippen LogP contribution in [-0.2, 0) is 9.53 Å². The van der Waals surface area contributed by atoms with Gasteiger partial charge < -0.3 is 20.1 Å². The van der Waals surface area contributed by atoms with Crippen molar-refractivity contribution in [2.75, 3.05) is 18.0 Å². The normalized spacial score (nSPS) is 19.7. The van der Waals surface area contributed by atoms with Crippen molar-refractivity contribution in [2.45, 2.75) is 19.4 Å². The zero-order chi connectivity index (χ0) is 16.2. The van der Waals surface area contributed by atoms with Gasteiger partial charge in [-0.15, -0.1) is 12.4 Å². The number of carbonyl (C=O) groups excluding carboxylic acids is 1. The molecule has 0 saturated carbocycles. The van der Waals surface area contributed by atoms with Crippen LogP contribution in [0.1, 0.15) is 6.92 Å². The van der Waals surface area contributed by atoms with E-state index in [2.05, 4.69) is 15.3 Å². The minimum absolute atomic E-state index is 0. The molecule has 2 atom stereocenters. The van der Waals surface area contributed by atoms with Gasteiger partial charge in [-0.05, 0) is 29.8 Å². The van der Waals surface area contributed by atoms with Gasteiger partial charge in [0.2, 0.25) is 12.3 Å². The molecule has 128 valence electrons. The first-order valence-electron chi connectivity index (χ1n) is 7.34. The first-order chi connectivity index (χ1) is 11.1. The Bertz CT molecular complexity index is 669. The summed E-state index contributed by atoms with van der Waals surface area (Å²) in [6.07, 6.45) is 3.88. The van der Waals surface area contributed by atoms with Crippen LogP contribution < -0.4 is 10.2 Å². The molecule has 2 aromatic heterocycles. The molecular weight excluding hydrogens is 332 g/mol. The predicted octanol–water partition coefficient (Wildman–Crippen LogP) is 1.18. The van der Waals surface area contributed by atoms with Crippen molar-refractivity contribution in [1.29, 1.82) is 0 Å². The number of carbonyl (C=O) groups is 1. The molecule has 1 fully saturated rings. The summed E-state index contributed by atoms with van der Waals surface area (Å²) in [6, 6.07) is 7.59. The van der Waals surface area contributed by atoms with E-state index in [0.717, 1.165) is 11.1 Å². The lowest BCUT2D eigenvalue weighted by Crippen LogP contribution is -2.33. The van der Waals surface area contributed by atoms with Crippen LogP contribution in [0, 0.1) is 0 Å². The van der Waals surface area contributed by atoms with Gasteiger partial charge >= 0.3 is 0 Å². The number of aromatic nitrogens is 2. The Morgan fingerprint density at radius 1 is 1.33 bits per heavy atom. The highest BCUT2D eigenvalue weighted by molar-refractivity contribution is 5.85. The van der Waals surface area contributed by atoms with Gasteiger partial charge in [0.1, 0.15) is 5.82 Å². The Labute approximate surface area is 146 Å². The Kier molecular flexibility index (Phi) is 6.08. The molecule has 1 aliphatic rings. The first kappa shape index (κ1) is 18.1. The number of amides is 1. The number of hydrogen-bond acceptors (Lipinski definition) is 6. The molecule has 1 aliphatic heterocycles. The minimum Gasteiger partial charge on any atom is -0.354 e. The van der Waals surface area contributed by atoms with Gasteiger partial charge in [0.25, 0.3) is 0 Å². The van der Waals surface area contributed by atoms with E-state index in [0.29, 0.717) is 18.9 Å². The van der Waals surface area contributed by atoms with Crippen molar-refractivity contribution in [3.63, 3.8) is 0 Å². The summed E-state index contributed by atoms with van der Waals surface area (Å²) in [5, 5.41) is 12.7. The van der Waals surface area contributed by atoms with E-state index in [1.54, 1.807) is 23.5 Å². The summed E-state index contributed by atoms with van der Waals surface area (Å²) in [6.45, 7) is 2.27. The fourth-order valence-corrected chi connectivity index (χ4v) is 2.45. The van der Waals surface area contributed by atoms with Crippen molar-refractivity contribution in [2.24, 2.45) is 0 Å². The third-order valence-electron chi connectivity index (χ3n) is 3.62. The lowest BCUT2D eigenvalue weighted by atomic mass is 10.1. The summed E-state index contributed by atoms with van der Waals surface area (Å²) in [4.78, 5) is 21.0. The molecule has 0 spiro atoms. The number of nitrogens with zero attached hydrogens (tertiary/aromatic N) is 3. The molecule has 0 aliphatic carbocycles. The van der Waals surface area contributed by atoms with Crippen molar-refractivity contribution in [3.05, 3.63) is 42.9 Å². The predicted molar refractivity (Wildman–Crippen MR) is 91.6 cm³/mol. The van der Waals surface area contributed by atoms with E-state index in [-0.39, 0.29) is 24.4 Å². The first-order valence-corrected chi connectivity index (χ1v) is 7.34. The van der Waals surface area contributed by atoms with E-state index in [1.807, 2.05) is 24.3 Å². The quantitative estimate of drug-likeness (QED) is 0.861. The van der Waals surface area contributed by atoms with E-state index in [1.165, 1.54) is 6.92 Å². The average Bonchev–Trinajstić information content (AvgIpc) is 2.95. The second-order valence-corrected chi connectivity index (χ2v) is 5.31. The van der Waals surface area contributed by atoms with Crippen molar-refractivity contribution >= 4 is 24.1 Å². The van der Waals surface area contributed by atoms with Gasteiger partial charge in [-0.25, -0.2) is 4.98 Å². The maximum Gasteiger partial charge on any atom is 0.239 e. The number of aliphatic hydroxyl groups is 1. The van der Waals surface area contributed by atoms with Gasteiger partial charge in [0, 0.05) is 37.6 Å². The molecule has 7 nitrogen and oxygen atoms in total. The number of halogens is 1. The zero-order valence-corrected chi connectivity index (χ0v) is 13.9. The minimum atomic E-state index is -1.06. The number of hydrogen-bond donors (Lipinski definition) is 2. The van der Waals surface area contributed by atoms with E-state index < -0.39 is 6.41 Å². The fourth-order valence-electron chi connectivity index (χ4n) is 2.45. The third-order valence-corrected chi connectivity index (χ3v) is 3.62.